The summed E-state index contributed by atoms with van der Waals surface area (Å²) in [6, 6.07) is 0. The molecule has 0 aliphatic heterocycles. The standard InChI is InChI=1S/C5H10O2S/c1-8(2)4-3-5(6)7/h3-4H2,1-2H3/p+1/i1D3,2D3. The lowest BCUT2D eigenvalue weighted by Crippen LogP contribution is -2.07. The molecule has 0 bridgehead atoms. The van der Waals surface area contributed by atoms with Crippen molar-refractivity contribution in [2.45, 2.75) is 6.42 Å². The van der Waals surface area contributed by atoms with Gasteiger partial charge in [0, 0.05) is 0 Å². The predicted octanol–water partition coefficient (Wildman–Crippen LogP) is 0.339. The highest BCUT2D eigenvalue weighted by Gasteiger charge is 2.04. The van der Waals surface area contributed by atoms with Crippen LogP contribution in [0.25, 0.3) is 0 Å². The molecule has 1 N–H and O–H groups in total. The zero-order valence-electron chi connectivity index (χ0n) is 10.2. The number of rotatable bonds is 3. The molecule has 0 fully saturated rings. The quantitative estimate of drug-likeness (QED) is 0.575. The SMILES string of the molecule is [2H]C([2H])([2H])[S+](CCC(=O)O)C([2H])([2H])[2H]. The molecule has 0 radical (unpaired) electrons. The molecular formula is C5H11O2S+. The lowest BCUT2D eigenvalue weighted by atomic mass is 10.5. The summed E-state index contributed by atoms with van der Waals surface area (Å²) in [5.41, 5.74) is 0. The van der Waals surface area contributed by atoms with E-state index < -0.39 is 35.7 Å². The molecule has 0 atom stereocenters. The van der Waals surface area contributed by atoms with E-state index in [2.05, 4.69) is 0 Å². The minimum absolute atomic E-state index is 0.331. The van der Waals surface area contributed by atoms with E-state index in [1.54, 1.807) is 0 Å². The van der Waals surface area contributed by atoms with E-state index in [9.17, 15) is 4.79 Å². The average Bonchev–Trinajstić information content (AvgIpc) is 1.78. The van der Waals surface area contributed by atoms with Gasteiger partial charge in [-0.1, -0.05) is 0 Å². The highest BCUT2D eigenvalue weighted by molar-refractivity contribution is 7.95. The van der Waals surface area contributed by atoms with E-state index in [0.717, 1.165) is 0 Å². The highest BCUT2D eigenvalue weighted by Crippen LogP contribution is 1.87. The van der Waals surface area contributed by atoms with Gasteiger partial charge in [0.1, 0.15) is 5.75 Å². The average molecular weight is 141 g/mol. The maximum absolute atomic E-state index is 10.2. The van der Waals surface area contributed by atoms with E-state index in [0.29, 0.717) is 0 Å². The van der Waals surface area contributed by atoms with Crippen LogP contribution in [0.1, 0.15) is 14.6 Å². The van der Waals surface area contributed by atoms with E-state index in [1.165, 1.54) is 0 Å². The molecule has 2 nitrogen and oxygen atoms in total. The Hall–Kier alpha value is -0.180. The maximum Gasteiger partial charge on any atom is 0.308 e. The molecule has 0 unspecified atom stereocenters. The normalized spacial score (nSPS) is 24.1. The summed E-state index contributed by atoms with van der Waals surface area (Å²) >= 11 is 0. The molecule has 0 aliphatic rings. The van der Waals surface area contributed by atoms with Crippen molar-refractivity contribution in [3.8, 4) is 0 Å². The van der Waals surface area contributed by atoms with Gasteiger partial charge in [-0.05, 0) is 10.9 Å². The Morgan fingerprint density at radius 2 is 2.50 bits per heavy atom. The Morgan fingerprint density at radius 1 is 1.88 bits per heavy atom. The molecule has 0 amide bonds. The second-order valence-corrected chi connectivity index (χ2v) is 2.43. The van der Waals surface area contributed by atoms with Gasteiger partial charge in [-0.2, -0.15) is 0 Å². The van der Waals surface area contributed by atoms with Crippen LogP contribution >= 0.6 is 0 Å². The Balaban J connectivity index is 4.51. The van der Waals surface area contributed by atoms with Crippen molar-refractivity contribution in [2.75, 3.05) is 18.1 Å². The van der Waals surface area contributed by atoms with Crippen LogP contribution < -0.4 is 0 Å². The molecule has 0 aromatic rings. The lowest BCUT2D eigenvalue weighted by Gasteiger charge is -1.90. The van der Waals surface area contributed by atoms with E-state index in [-0.39, 0.29) is 5.75 Å². The highest BCUT2D eigenvalue weighted by atomic mass is 32.2. The van der Waals surface area contributed by atoms with Crippen molar-refractivity contribution in [1.29, 1.82) is 0 Å². The summed E-state index contributed by atoms with van der Waals surface area (Å²) in [5, 5.41) is 8.33. The third-order valence-electron chi connectivity index (χ3n) is 0.520. The summed E-state index contributed by atoms with van der Waals surface area (Å²) in [6.07, 6.45) is -5.65. The van der Waals surface area contributed by atoms with Gasteiger partial charge >= 0.3 is 5.97 Å². The largest absolute Gasteiger partial charge is 0.481 e. The molecule has 3 heteroatoms. The van der Waals surface area contributed by atoms with Gasteiger partial charge in [-0.25, -0.2) is 0 Å². The topological polar surface area (TPSA) is 37.3 Å². The van der Waals surface area contributed by atoms with Crippen LogP contribution in [-0.2, 0) is 15.7 Å². The van der Waals surface area contributed by atoms with Crippen LogP contribution in [0.4, 0.5) is 0 Å². The molecule has 0 rings (SSSR count). The van der Waals surface area contributed by atoms with Crippen LogP contribution in [0.5, 0.6) is 0 Å². The second-order valence-electron chi connectivity index (χ2n) is 1.24. The van der Waals surface area contributed by atoms with E-state index in [4.69, 9.17) is 13.3 Å². The van der Waals surface area contributed by atoms with Gasteiger partial charge in [0.15, 0.2) is 0 Å². The lowest BCUT2D eigenvalue weighted by molar-refractivity contribution is -0.136. The molecule has 0 aromatic carbocycles. The van der Waals surface area contributed by atoms with Gasteiger partial charge in [0.25, 0.3) is 0 Å². The van der Waals surface area contributed by atoms with Crippen LogP contribution in [0.3, 0.4) is 0 Å². The summed E-state index contributed by atoms with van der Waals surface area (Å²) in [7, 11) is -1.86. The number of aliphatic carboxylic acids is 1. The monoisotopic (exact) mass is 141 g/mol. The van der Waals surface area contributed by atoms with Crippen molar-refractivity contribution in [3.63, 3.8) is 0 Å². The Bertz CT molecular complexity index is 195. The fraction of sp³-hybridized carbons (Fsp3) is 0.800. The van der Waals surface area contributed by atoms with E-state index in [1.807, 2.05) is 0 Å². The molecule has 0 aliphatic carbocycles. The van der Waals surface area contributed by atoms with Gasteiger partial charge in [0.05, 0.1) is 27.0 Å². The van der Waals surface area contributed by atoms with Crippen LogP contribution in [0, 0.1) is 0 Å². The Labute approximate surface area is 60.7 Å². The fourth-order valence-electron chi connectivity index (χ4n) is 0.189. The number of hydrogen-bond donors (Lipinski definition) is 1. The molecule has 48 valence electrons. The van der Waals surface area contributed by atoms with E-state index >= 15 is 0 Å². The summed E-state index contributed by atoms with van der Waals surface area (Å²) in [4.78, 5) is 10.2. The first kappa shape index (κ1) is 2.21. The van der Waals surface area contributed by atoms with Gasteiger partial charge in [-0.15, -0.1) is 0 Å². The van der Waals surface area contributed by atoms with Crippen molar-refractivity contribution >= 4 is 16.9 Å². The first-order chi connectivity index (χ1) is 6.05. The minimum Gasteiger partial charge on any atom is -0.481 e. The van der Waals surface area contributed by atoms with Crippen LogP contribution in [-0.4, -0.2) is 29.2 Å². The zero-order valence-corrected chi connectivity index (χ0v) is 4.99. The molecular weight excluding hydrogens is 124 g/mol. The molecule has 0 aromatic heterocycles. The maximum atomic E-state index is 10.2. The summed E-state index contributed by atoms with van der Waals surface area (Å²) in [6.45, 7) is 0. The smallest absolute Gasteiger partial charge is 0.308 e. The fourth-order valence-corrected chi connectivity index (χ4v) is 0.568. The molecule has 8 heavy (non-hydrogen) atoms. The Kier molecular flexibility index (Phi) is 1.05. The number of carboxylic acids is 1. The van der Waals surface area contributed by atoms with Crippen LogP contribution in [0.2, 0.25) is 0 Å². The predicted molar refractivity (Wildman–Crippen MR) is 36.3 cm³/mol. The molecule has 0 saturated heterocycles. The first-order valence-electron chi connectivity index (χ1n) is 4.98. The minimum atomic E-state index is -2.61. The second kappa shape index (κ2) is 3.78. The molecule has 0 spiro atoms. The summed E-state index contributed by atoms with van der Waals surface area (Å²) in [5.74, 6) is -1.52. The molecule has 0 heterocycles. The van der Waals surface area contributed by atoms with Crippen LogP contribution in [0.15, 0.2) is 0 Å². The number of hydrogen-bond acceptors (Lipinski definition) is 1. The number of carboxylic acid groups (broad SMARTS) is 1. The number of carbonyl (C=O) groups is 1. The van der Waals surface area contributed by atoms with Crippen molar-refractivity contribution in [1.82, 2.24) is 0 Å². The molecule has 0 saturated carbocycles. The van der Waals surface area contributed by atoms with Gasteiger partial charge in [0.2, 0.25) is 0 Å². The third kappa shape index (κ3) is 5.82. The summed E-state index contributed by atoms with van der Waals surface area (Å²) < 4.78 is 41.9. The zero-order chi connectivity index (χ0) is 11.6. The van der Waals surface area contributed by atoms with Gasteiger partial charge in [-0.3, -0.25) is 4.79 Å². The van der Waals surface area contributed by atoms with Crippen molar-refractivity contribution in [3.05, 3.63) is 0 Å². The van der Waals surface area contributed by atoms with Crippen molar-refractivity contribution in [2.24, 2.45) is 0 Å². The Morgan fingerprint density at radius 3 is 2.88 bits per heavy atom. The van der Waals surface area contributed by atoms with Gasteiger partial charge < -0.3 is 5.11 Å². The third-order valence-corrected chi connectivity index (χ3v) is 1.13. The van der Waals surface area contributed by atoms with Crippen molar-refractivity contribution < 1.29 is 18.1 Å². The first-order valence-corrected chi connectivity index (χ1v) is 3.37.